The molecule has 2 aliphatic rings. The van der Waals surface area contributed by atoms with E-state index >= 15 is 0 Å². The smallest absolute Gasteiger partial charge is 0.246 e. The lowest BCUT2D eigenvalue weighted by Crippen LogP contribution is -2.55. The molecule has 2 atom stereocenters. The van der Waals surface area contributed by atoms with Gasteiger partial charge in [0.15, 0.2) is 11.5 Å². The molecule has 1 spiro atoms. The van der Waals surface area contributed by atoms with Crippen molar-refractivity contribution in [3.8, 4) is 0 Å². The average Bonchev–Trinajstić information content (AvgIpc) is 3.28. The van der Waals surface area contributed by atoms with E-state index in [1.165, 1.54) is 23.2 Å². The van der Waals surface area contributed by atoms with E-state index in [0.29, 0.717) is 24.5 Å². The lowest BCUT2D eigenvalue weighted by molar-refractivity contribution is -0.138. The molecule has 4 rings (SSSR count). The van der Waals surface area contributed by atoms with Gasteiger partial charge in [-0.05, 0) is 38.3 Å². The molecule has 0 aromatic carbocycles. The molecule has 166 valence electrons. The number of carbonyl (C=O) groups excluding carboxylic acids is 2. The number of aryl methyl sites for hydroxylation is 1. The SMILES string of the molecule is CC(=O)Nc1ncc([C@@H](C)N2CCC3(CC2)NC(O)N(Cc2ccc(C)nc2)C3=O)s1. The summed E-state index contributed by atoms with van der Waals surface area (Å²) >= 11 is 1.47. The molecule has 2 aromatic heterocycles. The van der Waals surface area contributed by atoms with Gasteiger partial charge in [0.05, 0.1) is 6.54 Å². The number of pyridine rings is 1. The molecule has 10 heteroatoms. The van der Waals surface area contributed by atoms with Crippen molar-refractivity contribution >= 4 is 28.3 Å². The molecule has 2 aliphatic heterocycles. The first-order valence-corrected chi connectivity index (χ1v) is 11.2. The minimum Gasteiger partial charge on any atom is -0.361 e. The van der Waals surface area contributed by atoms with Crippen molar-refractivity contribution in [3.05, 3.63) is 40.7 Å². The maximum atomic E-state index is 13.2. The summed E-state index contributed by atoms with van der Waals surface area (Å²) < 4.78 is 0. The van der Waals surface area contributed by atoms with E-state index in [4.69, 9.17) is 0 Å². The van der Waals surface area contributed by atoms with E-state index < -0.39 is 11.9 Å². The lowest BCUT2D eigenvalue weighted by Gasteiger charge is -2.40. The fourth-order valence-corrected chi connectivity index (χ4v) is 5.19. The van der Waals surface area contributed by atoms with E-state index in [1.807, 2.05) is 19.1 Å². The number of nitrogens with zero attached hydrogens (tertiary/aromatic N) is 4. The van der Waals surface area contributed by atoms with Crippen LogP contribution < -0.4 is 10.6 Å². The molecule has 2 amide bonds. The highest BCUT2D eigenvalue weighted by atomic mass is 32.1. The number of amides is 2. The zero-order chi connectivity index (χ0) is 22.2. The van der Waals surface area contributed by atoms with Crippen molar-refractivity contribution < 1.29 is 14.7 Å². The number of aliphatic hydroxyl groups is 1. The molecule has 0 aliphatic carbocycles. The van der Waals surface area contributed by atoms with Crippen LogP contribution in [-0.2, 0) is 16.1 Å². The van der Waals surface area contributed by atoms with E-state index in [2.05, 4.69) is 32.4 Å². The molecule has 1 unspecified atom stereocenters. The van der Waals surface area contributed by atoms with Crippen LogP contribution in [0.3, 0.4) is 0 Å². The molecule has 0 bridgehead atoms. The van der Waals surface area contributed by atoms with Crippen LogP contribution in [0.2, 0.25) is 0 Å². The van der Waals surface area contributed by atoms with Crippen molar-refractivity contribution in [1.82, 2.24) is 25.1 Å². The van der Waals surface area contributed by atoms with Gasteiger partial charge in [0.25, 0.3) is 0 Å². The predicted octanol–water partition coefficient (Wildman–Crippen LogP) is 1.61. The van der Waals surface area contributed by atoms with Crippen molar-refractivity contribution in [2.45, 2.75) is 58.1 Å². The van der Waals surface area contributed by atoms with Crippen LogP contribution in [0.1, 0.15) is 48.9 Å². The van der Waals surface area contributed by atoms with Crippen molar-refractivity contribution in [1.29, 1.82) is 0 Å². The Labute approximate surface area is 185 Å². The van der Waals surface area contributed by atoms with Gasteiger partial charge in [-0.25, -0.2) is 4.98 Å². The number of aromatic nitrogens is 2. The predicted molar refractivity (Wildman–Crippen MR) is 117 cm³/mol. The van der Waals surface area contributed by atoms with E-state index in [9.17, 15) is 14.7 Å². The van der Waals surface area contributed by atoms with E-state index in [0.717, 1.165) is 29.2 Å². The largest absolute Gasteiger partial charge is 0.361 e. The number of piperidine rings is 1. The van der Waals surface area contributed by atoms with Gasteiger partial charge in [-0.1, -0.05) is 6.07 Å². The minimum absolute atomic E-state index is 0.0568. The zero-order valence-electron chi connectivity index (χ0n) is 18.0. The highest BCUT2D eigenvalue weighted by Gasteiger charge is 2.52. The number of hydrogen-bond donors (Lipinski definition) is 3. The average molecular weight is 445 g/mol. The Hall–Kier alpha value is -2.40. The fraction of sp³-hybridized carbons (Fsp3) is 0.524. The van der Waals surface area contributed by atoms with Gasteiger partial charge < -0.3 is 10.4 Å². The molecule has 3 N–H and O–H groups in total. The lowest BCUT2D eigenvalue weighted by atomic mass is 9.87. The molecular weight excluding hydrogens is 416 g/mol. The summed E-state index contributed by atoms with van der Waals surface area (Å²) in [6.45, 7) is 7.26. The van der Waals surface area contributed by atoms with Crippen LogP contribution in [0.25, 0.3) is 0 Å². The summed E-state index contributed by atoms with van der Waals surface area (Å²) in [5.74, 6) is -0.192. The number of carbonyl (C=O) groups is 2. The highest BCUT2D eigenvalue weighted by Crippen LogP contribution is 2.36. The number of hydrogen-bond acceptors (Lipinski definition) is 8. The highest BCUT2D eigenvalue weighted by molar-refractivity contribution is 7.15. The van der Waals surface area contributed by atoms with Crippen LogP contribution >= 0.6 is 11.3 Å². The number of anilines is 1. The zero-order valence-corrected chi connectivity index (χ0v) is 18.8. The molecule has 2 saturated heterocycles. The Balaban J connectivity index is 1.39. The van der Waals surface area contributed by atoms with E-state index in [-0.39, 0.29) is 17.9 Å². The Bertz CT molecular complexity index is 954. The first-order valence-electron chi connectivity index (χ1n) is 10.4. The van der Waals surface area contributed by atoms with E-state index in [1.54, 1.807) is 12.4 Å². The second-order valence-corrected chi connectivity index (χ2v) is 9.36. The quantitative estimate of drug-likeness (QED) is 0.643. The van der Waals surface area contributed by atoms with Crippen molar-refractivity contribution in [2.24, 2.45) is 0 Å². The van der Waals surface area contributed by atoms with Crippen LogP contribution in [0.15, 0.2) is 24.5 Å². The van der Waals surface area contributed by atoms with Crippen molar-refractivity contribution in [3.63, 3.8) is 0 Å². The first-order chi connectivity index (χ1) is 14.8. The number of likely N-dealkylation sites (tertiary alicyclic amines) is 1. The Morgan fingerprint density at radius 1 is 1.35 bits per heavy atom. The minimum atomic E-state index is -1.00. The summed E-state index contributed by atoms with van der Waals surface area (Å²) in [6, 6.07) is 3.97. The topological polar surface area (TPSA) is 111 Å². The van der Waals surface area contributed by atoms with Gasteiger partial charge >= 0.3 is 0 Å². The van der Waals surface area contributed by atoms with Crippen LogP contribution in [0.4, 0.5) is 5.13 Å². The summed E-state index contributed by atoms with van der Waals surface area (Å²) in [4.78, 5) is 37.9. The third-order valence-electron chi connectivity index (χ3n) is 6.11. The van der Waals surface area contributed by atoms with Crippen LogP contribution in [0, 0.1) is 6.92 Å². The Kier molecular flexibility index (Phi) is 6.07. The Morgan fingerprint density at radius 3 is 2.74 bits per heavy atom. The third-order valence-corrected chi connectivity index (χ3v) is 7.20. The third kappa shape index (κ3) is 4.47. The number of rotatable bonds is 5. The number of aliphatic hydroxyl groups excluding tert-OH is 1. The molecule has 2 fully saturated rings. The van der Waals surface area contributed by atoms with Gasteiger partial charge in [-0.15, -0.1) is 11.3 Å². The van der Waals surface area contributed by atoms with Gasteiger partial charge in [0.1, 0.15) is 5.54 Å². The monoisotopic (exact) mass is 444 g/mol. The van der Waals surface area contributed by atoms with Gasteiger partial charge in [-0.3, -0.25) is 29.7 Å². The summed E-state index contributed by atoms with van der Waals surface area (Å²) in [7, 11) is 0. The molecule has 4 heterocycles. The first kappa shape index (κ1) is 21.8. The maximum Gasteiger partial charge on any atom is 0.246 e. The fourth-order valence-electron chi connectivity index (χ4n) is 4.24. The molecular formula is C21H28N6O3S. The molecule has 0 saturated carbocycles. The second kappa shape index (κ2) is 8.62. The summed E-state index contributed by atoms with van der Waals surface area (Å²) in [5.41, 5.74) is 1.07. The Morgan fingerprint density at radius 2 is 2.10 bits per heavy atom. The second-order valence-electron chi connectivity index (χ2n) is 8.30. The maximum absolute atomic E-state index is 13.2. The van der Waals surface area contributed by atoms with Gasteiger partial charge in [0.2, 0.25) is 11.8 Å². The number of thiazole rings is 1. The van der Waals surface area contributed by atoms with Crippen LogP contribution in [0.5, 0.6) is 0 Å². The van der Waals surface area contributed by atoms with Crippen molar-refractivity contribution in [2.75, 3.05) is 18.4 Å². The molecule has 0 radical (unpaired) electrons. The molecule has 31 heavy (non-hydrogen) atoms. The number of nitrogens with one attached hydrogen (secondary N) is 2. The summed E-state index contributed by atoms with van der Waals surface area (Å²) in [5, 5.41) is 17.0. The normalized spacial score (nSPS) is 22.1. The van der Waals surface area contributed by atoms with Gasteiger partial charge in [-0.2, -0.15) is 0 Å². The van der Waals surface area contributed by atoms with Crippen LogP contribution in [-0.4, -0.2) is 61.7 Å². The van der Waals surface area contributed by atoms with Gasteiger partial charge in [0, 0.05) is 49.0 Å². The summed E-state index contributed by atoms with van der Waals surface area (Å²) in [6.07, 6.45) is 3.78. The molecule has 2 aromatic rings. The molecule has 9 nitrogen and oxygen atoms in total. The standard InChI is InChI=1S/C21H28N6O3S/c1-13-4-5-16(10-22-13)12-27-18(29)21(25-20(27)30)6-8-26(9-7-21)14(2)17-11-23-19(31-17)24-15(3)28/h4-5,10-11,14,20,25,30H,6-9,12H2,1-3H3,(H,23,24,28)/t14-,20?/m1/s1.